The van der Waals surface area contributed by atoms with Crippen molar-refractivity contribution in [3.63, 3.8) is 0 Å². The summed E-state index contributed by atoms with van der Waals surface area (Å²) >= 11 is 0. The first-order chi connectivity index (χ1) is 12.1. The van der Waals surface area contributed by atoms with Crippen LogP contribution in [0.3, 0.4) is 0 Å². The van der Waals surface area contributed by atoms with Crippen LogP contribution in [0.25, 0.3) is 0 Å². The number of hydrogen-bond donors (Lipinski definition) is 2. The number of hydrogen-bond acceptors (Lipinski definition) is 5. The molecule has 1 atom stereocenters. The first kappa shape index (κ1) is 17.4. The number of piperazine rings is 1. The van der Waals surface area contributed by atoms with Crippen molar-refractivity contribution >= 4 is 5.91 Å². The van der Waals surface area contributed by atoms with Gasteiger partial charge in [0, 0.05) is 38.0 Å². The molecule has 0 radical (unpaired) electrons. The topological polar surface area (TPSA) is 89.8 Å². The quantitative estimate of drug-likeness (QED) is 0.843. The number of carbonyl (C=O) groups is 1. The summed E-state index contributed by atoms with van der Waals surface area (Å²) in [4.78, 5) is 31.3. The molecular weight excluding hydrogens is 322 g/mol. The van der Waals surface area contributed by atoms with Crippen LogP contribution in [-0.2, 0) is 6.54 Å². The fourth-order valence-electron chi connectivity index (χ4n) is 3.22. The van der Waals surface area contributed by atoms with E-state index in [0.29, 0.717) is 32.6 Å². The Hall–Kier alpha value is -2.38. The minimum Gasteiger partial charge on any atom is -0.468 e. The predicted octanol–water partition coefficient (Wildman–Crippen LogP) is 0.985. The number of rotatable bonds is 5. The second kappa shape index (κ2) is 7.67. The van der Waals surface area contributed by atoms with Crippen molar-refractivity contribution in [1.29, 1.82) is 0 Å². The van der Waals surface area contributed by atoms with Crippen LogP contribution in [0.1, 0.15) is 28.2 Å². The molecule has 7 nitrogen and oxygen atoms in total. The number of furan rings is 1. The van der Waals surface area contributed by atoms with Gasteiger partial charge in [-0.3, -0.25) is 14.5 Å². The van der Waals surface area contributed by atoms with Crippen LogP contribution < -0.4 is 5.56 Å². The Bertz CT molecular complexity index is 769. The SMILES string of the molecule is Cc1ccc(C(=O)N2CCN(Cc3ccco3)[C@@H](CCO)C2)c(=O)[nH]1. The van der Waals surface area contributed by atoms with E-state index in [1.54, 1.807) is 30.2 Å². The molecule has 1 amide bonds. The molecule has 3 heterocycles. The highest BCUT2D eigenvalue weighted by Gasteiger charge is 2.30. The molecule has 0 bridgehead atoms. The number of nitrogens with zero attached hydrogens (tertiary/aromatic N) is 2. The molecule has 0 spiro atoms. The van der Waals surface area contributed by atoms with E-state index in [1.807, 2.05) is 12.1 Å². The molecule has 25 heavy (non-hydrogen) atoms. The molecule has 1 fully saturated rings. The van der Waals surface area contributed by atoms with E-state index in [1.165, 1.54) is 0 Å². The van der Waals surface area contributed by atoms with E-state index in [-0.39, 0.29) is 29.7 Å². The van der Waals surface area contributed by atoms with Crippen molar-refractivity contribution in [2.45, 2.75) is 25.9 Å². The maximum absolute atomic E-state index is 12.7. The van der Waals surface area contributed by atoms with Crippen molar-refractivity contribution in [2.24, 2.45) is 0 Å². The summed E-state index contributed by atoms with van der Waals surface area (Å²) in [5.41, 5.74) is 0.525. The second-order valence-corrected chi connectivity index (χ2v) is 6.35. The highest BCUT2D eigenvalue weighted by Crippen LogP contribution is 2.18. The number of H-pyrrole nitrogens is 1. The number of amides is 1. The van der Waals surface area contributed by atoms with Gasteiger partial charge in [-0.15, -0.1) is 0 Å². The first-order valence-electron chi connectivity index (χ1n) is 8.45. The number of aliphatic hydroxyl groups is 1. The first-order valence-corrected chi connectivity index (χ1v) is 8.45. The van der Waals surface area contributed by atoms with Gasteiger partial charge in [0.1, 0.15) is 11.3 Å². The Labute approximate surface area is 145 Å². The van der Waals surface area contributed by atoms with Crippen molar-refractivity contribution in [1.82, 2.24) is 14.8 Å². The largest absolute Gasteiger partial charge is 0.468 e. The summed E-state index contributed by atoms with van der Waals surface area (Å²) < 4.78 is 5.40. The molecule has 7 heteroatoms. The summed E-state index contributed by atoms with van der Waals surface area (Å²) in [5.74, 6) is 0.597. The molecule has 1 aliphatic rings. The van der Waals surface area contributed by atoms with Crippen molar-refractivity contribution in [2.75, 3.05) is 26.2 Å². The van der Waals surface area contributed by atoms with Gasteiger partial charge < -0.3 is 19.4 Å². The van der Waals surface area contributed by atoms with Crippen LogP contribution >= 0.6 is 0 Å². The molecule has 1 aliphatic heterocycles. The number of aromatic nitrogens is 1. The number of aromatic amines is 1. The highest BCUT2D eigenvalue weighted by atomic mass is 16.3. The number of carbonyl (C=O) groups excluding carboxylic acids is 1. The molecule has 3 rings (SSSR count). The van der Waals surface area contributed by atoms with Gasteiger partial charge in [0.15, 0.2) is 0 Å². The Kier molecular flexibility index (Phi) is 5.35. The Morgan fingerprint density at radius 1 is 1.36 bits per heavy atom. The third-order valence-corrected chi connectivity index (χ3v) is 4.58. The lowest BCUT2D eigenvalue weighted by Gasteiger charge is -2.41. The number of aryl methyl sites for hydroxylation is 1. The van der Waals surface area contributed by atoms with Crippen LogP contribution in [0.2, 0.25) is 0 Å². The molecule has 2 N–H and O–H groups in total. The fraction of sp³-hybridized carbons (Fsp3) is 0.444. The molecule has 0 saturated carbocycles. The lowest BCUT2D eigenvalue weighted by atomic mass is 10.1. The molecule has 1 saturated heterocycles. The van der Waals surface area contributed by atoms with Gasteiger partial charge in [0.25, 0.3) is 11.5 Å². The predicted molar refractivity (Wildman–Crippen MR) is 92.3 cm³/mol. The van der Waals surface area contributed by atoms with Crippen LogP contribution in [0, 0.1) is 6.92 Å². The minimum atomic E-state index is -0.360. The van der Waals surface area contributed by atoms with Gasteiger partial charge in [-0.05, 0) is 37.6 Å². The van der Waals surface area contributed by atoms with Gasteiger partial charge in [-0.2, -0.15) is 0 Å². The van der Waals surface area contributed by atoms with E-state index in [9.17, 15) is 14.7 Å². The van der Waals surface area contributed by atoms with E-state index in [4.69, 9.17) is 4.42 Å². The fourth-order valence-corrected chi connectivity index (χ4v) is 3.22. The van der Waals surface area contributed by atoms with Crippen LogP contribution in [-0.4, -0.2) is 58.1 Å². The monoisotopic (exact) mass is 345 g/mol. The van der Waals surface area contributed by atoms with E-state index in [0.717, 1.165) is 11.5 Å². The zero-order chi connectivity index (χ0) is 17.8. The lowest BCUT2D eigenvalue weighted by molar-refractivity contribution is 0.0372. The van der Waals surface area contributed by atoms with Crippen molar-refractivity contribution in [3.8, 4) is 0 Å². The van der Waals surface area contributed by atoms with Crippen molar-refractivity contribution in [3.05, 3.63) is 57.9 Å². The minimum absolute atomic E-state index is 0.0253. The summed E-state index contributed by atoms with van der Waals surface area (Å²) in [6.45, 7) is 4.15. The van der Waals surface area contributed by atoms with Crippen LogP contribution in [0.5, 0.6) is 0 Å². The molecule has 2 aromatic rings. The summed E-state index contributed by atoms with van der Waals surface area (Å²) in [6.07, 6.45) is 2.20. The van der Waals surface area contributed by atoms with Crippen LogP contribution in [0.4, 0.5) is 0 Å². The normalized spacial score (nSPS) is 18.5. The van der Waals surface area contributed by atoms with E-state index in [2.05, 4.69) is 9.88 Å². The van der Waals surface area contributed by atoms with E-state index >= 15 is 0 Å². The maximum Gasteiger partial charge on any atom is 0.260 e. The van der Waals surface area contributed by atoms with Crippen LogP contribution in [0.15, 0.2) is 39.7 Å². The number of aliphatic hydroxyl groups excluding tert-OH is 1. The van der Waals surface area contributed by atoms with Gasteiger partial charge in [0.2, 0.25) is 0 Å². The van der Waals surface area contributed by atoms with Crippen molar-refractivity contribution < 1.29 is 14.3 Å². The highest BCUT2D eigenvalue weighted by molar-refractivity contribution is 5.93. The molecule has 2 aromatic heterocycles. The average Bonchev–Trinajstić information content (AvgIpc) is 3.09. The lowest BCUT2D eigenvalue weighted by Crippen LogP contribution is -2.55. The van der Waals surface area contributed by atoms with Gasteiger partial charge >= 0.3 is 0 Å². The molecule has 134 valence electrons. The smallest absolute Gasteiger partial charge is 0.260 e. The standard InChI is InChI=1S/C18H23N3O4/c1-13-4-5-16(17(23)19-13)18(24)21-8-7-20(14(11-21)6-9-22)12-15-3-2-10-25-15/h2-5,10,14,22H,6-9,11-12H2,1H3,(H,19,23)/t14-/m0/s1. The maximum atomic E-state index is 12.7. The summed E-state index contributed by atoms with van der Waals surface area (Å²) in [6, 6.07) is 7.09. The zero-order valence-electron chi connectivity index (χ0n) is 14.3. The number of nitrogens with one attached hydrogen (secondary N) is 1. The average molecular weight is 345 g/mol. The third kappa shape index (κ3) is 4.00. The van der Waals surface area contributed by atoms with Gasteiger partial charge in [0.05, 0.1) is 12.8 Å². The zero-order valence-corrected chi connectivity index (χ0v) is 14.3. The van der Waals surface area contributed by atoms with Gasteiger partial charge in [-0.1, -0.05) is 0 Å². The Balaban J connectivity index is 1.72. The third-order valence-electron chi connectivity index (χ3n) is 4.58. The number of pyridine rings is 1. The summed E-state index contributed by atoms with van der Waals surface area (Å²) in [7, 11) is 0. The van der Waals surface area contributed by atoms with E-state index < -0.39 is 0 Å². The molecular formula is C18H23N3O4. The Morgan fingerprint density at radius 2 is 2.20 bits per heavy atom. The summed E-state index contributed by atoms with van der Waals surface area (Å²) in [5, 5.41) is 9.37. The molecule has 0 aliphatic carbocycles. The Morgan fingerprint density at radius 3 is 2.88 bits per heavy atom. The molecule has 0 unspecified atom stereocenters. The van der Waals surface area contributed by atoms with Gasteiger partial charge in [-0.25, -0.2) is 0 Å². The second-order valence-electron chi connectivity index (χ2n) is 6.35. The molecule has 0 aromatic carbocycles.